The number of likely N-dealkylation sites (N-methyl/N-ethyl adjacent to an activating group) is 1. The first-order valence-electron chi connectivity index (χ1n) is 11.1. The highest BCUT2D eigenvalue weighted by Crippen LogP contribution is 2.20. The molecule has 6 heteroatoms. The quantitative estimate of drug-likeness (QED) is 0.600. The van der Waals surface area contributed by atoms with Gasteiger partial charge in [0, 0.05) is 44.7 Å². The highest BCUT2D eigenvalue weighted by atomic mass is 16.2. The number of nitrogens with zero attached hydrogens (tertiary/aromatic N) is 4. The number of para-hydroxylation sites is 1. The molecule has 0 bridgehead atoms. The molecule has 0 atom stereocenters. The van der Waals surface area contributed by atoms with E-state index in [-0.39, 0.29) is 23.9 Å². The van der Waals surface area contributed by atoms with Gasteiger partial charge in [-0.1, -0.05) is 62.4 Å². The van der Waals surface area contributed by atoms with Crippen LogP contribution in [0.2, 0.25) is 0 Å². The number of carbonyl (C=O) groups excluding carboxylic acids is 1. The summed E-state index contributed by atoms with van der Waals surface area (Å²) in [4.78, 5) is 35.3. The molecular weight excluding hydrogens is 400 g/mol. The van der Waals surface area contributed by atoms with Gasteiger partial charge in [0.05, 0.1) is 11.3 Å². The van der Waals surface area contributed by atoms with Crippen LogP contribution in [-0.2, 0) is 30.8 Å². The normalized spacial score (nSPS) is 13.8. The molecule has 0 fully saturated rings. The Balaban J connectivity index is 1.62. The molecule has 4 rings (SSSR count). The predicted octanol–water partition coefficient (Wildman–Crippen LogP) is 3.59. The minimum Gasteiger partial charge on any atom is -0.314 e. The fourth-order valence-electron chi connectivity index (χ4n) is 4.20. The Hall–Kier alpha value is -3.25. The molecule has 1 amide bonds. The largest absolute Gasteiger partial charge is 0.314 e. The van der Waals surface area contributed by atoms with E-state index in [4.69, 9.17) is 4.98 Å². The molecule has 6 nitrogen and oxygen atoms in total. The van der Waals surface area contributed by atoms with E-state index in [1.165, 1.54) is 5.56 Å². The molecule has 1 aliphatic heterocycles. The van der Waals surface area contributed by atoms with Crippen LogP contribution in [0.1, 0.15) is 42.4 Å². The third-order valence-electron chi connectivity index (χ3n) is 6.00. The maximum absolute atomic E-state index is 13.6. The number of aromatic nitrogens is 2. The monoisotopic (exact) mass is 430 g/mol. The average molecular weight is 431 g/mol. The third-order valence-corrected chi connectivity index (χ3v) is 6.00. The minimum atomic E-state index is -0.140. The molecule has 3 aromatic rings. The van der Waals surface area contributed by atoms with E-state index in [1.54, 1.807) is 16.5 Å². The number of amides is 1. The number of hydrogen-bond acceptors (Lipinski definition) is 4. The summed E-state index contributed by atoms with van der Waals surface area (Å²) in [5, 5.41) is 0. The van der Waals surface area contributed by atoms with Crippen LogP contribution in [0.5, 0.6) is 0 Å². The van der Waals surface area contributed by atoms with Gasteiger partial charge < -0.3 is 4.90 Å². The van der Waals surface area contributed by atoms with Crippen LogP contribution in [-0.4, -0.2) is 34.0 Å². The van der Waals surface area contributed by atoms with Crippen molar-refractivity contribution in [3.8, 4) is 0 Å². The fourth-order valence-corrected chi connectivity index (χ4v) is 4.20. The van der Waals surface area contributed by atoms with E-state index < -0.39 is 0 Å². The average Bonchev–Trinajstić information content (AvgIpc) is 2.81. The molecule has 2 aromatic carbocycles. The first kappa shape index (κ1) is 22.0. The summed E-state index contributed by atoms with van der Waals surface area (Å²) in [5.41, 5.74) is 3.53. The number of anilines is 1. The van der Waals surface area contributed by atoms with Gasteiger partial charge in [0.2, 0.25) is 5.91 Å². The highest BCUT2D eigenvalue weighted by Gasteiger charge is 2.26. The molecule has 0 unspecified atom stereocenters. The summed E-state index contributed by atoms with van der Waals surface area (Å²) in [6.45, 7) is 6.22. The number of benzene rings is 2. The molecule has 2 heterocycles. The van der Waals surface area contributed by atoms with E-state index in [2.05, 4.69) is 17.0 Å². The summed E-state index contributed by atoms with van der Waals surface area (Å²) in [6.07, 6.45) is 0.746. The first-order valence-corrected chi connectivity index (χ1v) is 11.1. The van der Waals surface area contributed by atoms with Gasteiger partial charge in [-0.15, -0.1) is 0 Å². The Morgan fingerprint density at radius 3 is 2.38 bits per heavy atom. The van der Waals surface area contributed by atoms with Gasteiger partial charge in [-0.25, -0.2) is 4.98 Å². The van der Waals surface area contributed by atoms with E-state index in [0.29, 0.717) is 17.9 Å². The molecule has 0 N–H and O–H groups in total. The van der Waals surface area contributed by atoms with E-state index >= 15 is 0 Å². The predicted molar refractivity (Wildman–Crippen MR) is 127 cm³/mol. The lowest BCUT2D eigenvalue weighted by molar-refractivity contribution is -0.119. The zero-order valence-electron chi connectivity index (χ0n) is 19.0. The Labute approximate surface area is 189 Å². The van der Waals surface area contributed by atoms with Crippen molar-refractivity contribution in [3.05, 3.63) is 93.7 Å². The smallest absolute Gasteiger partial charge is 0.258 e. The summed E-state index contributed by atoms with van der Waals surface area (Å²) in [5.74, 6) is 0.587. The molecule has 0 radical (unpaired) electrons. The van der Waals surface area contributed by atoms with Crippen molar-refractivity contribution in [1.29, 1.82) is 0 Å². The lowest BCUT2D eigenvalue weighted by Crippen LogP contribution is -2.41. The molecular formula is C26H30N4O2. The molecule has 0 saturated heterocycles. The summed E-state index contributed by atoms with van der Waals surface area (Å²) >= 11 is 0. The van der Waals surface area contributed by atoms with Crippen LogP contribution in [0.25, 0.3) is 0 Å². The van der Waals surface area contributed by atoms with Crippen molar-refractivity contribution in [2.24, 2.45) is 0 Å². The maximum atomic E-state index is 13.6. The number of carbonyl (C=O) groups is 1. The number of fused-ring (bicyclic) bond motifs is 1. The number of hydrogen-bond donors (Lipinski definition) is 0. The summed E-state index contributed by atoms with van der Waals surface area (Å²) in [7, 11) is 1.74. The zero-order chi connectivity index (χ0) is 22.7. The van der Waals surface area contributed by atoms with Crippen molar-refractivity contribution in [2.45, 2.75) is 45.8 Å². The lowest BCUT2D eigenvalue weighted by atomic mass is 10.0. The minimum absolute atomic E-state index is 0.0172. The molecule has 0 aliphatic carbocycles. The molecule has 1 aliphatic rings. The molecule has 1 aromatic heterocycles. The van der Waals surface area contributed by atoms with Crippen molar-refractivity contribution in [3.63, 3.8) is 0 Å². The van der Waals surface area contributed by atoms with Gasteiger partial charge >= 0.3 is 0 Å². The second-order valence-electron chi connectivity index (χ2n) is 8.68. The van der Waals surface area contributed by atoms with Crippen molar-refractivity contribution in [2.75, 3.05) is 18.5 Å². The van der Waals surface area contributed by atoms with Gasteiger partial charge in [-0.05, 0) is 17.7 Å². The molecule has 0 saturated carbocycles. The van der Waals surface area contributed by atoms with Crippen LogP contribution in [0, 0.1) is 0 Å². The van der Waals surface area contributed by atoms with Gasteiger partial charge in [0.25, 0.3) is 5.56 Å². The second-order valence-corrected chi connectivity index (χ2v) is 8.68. The fraction of sp³-hybridized carbons (Fsp3) is 0.346. The molecule has 0 spiro atoms. The Morgan fingerprint density at radius 1 is 1.06 bits per heavy atom. The van der Waals surface area contributed by atoms with Crippen LogP contribution >= 0.6 is 0 Å². The SMILES string of the molecule is CC(C)c1nc2c(c(=O)n1CC(=O)N(C)c1ccccc1)CN(Cc1ccccc1)CC2. The first-order chi connectivity index (χ1) is 15.4. The Kier molecular flexibility index (Phi) is 6.51. The van der Waals surface area contributed by atoms with Gasteiger partial charge in [-0.3, -0.25) is 19.1 Å². The summed E-state index contributed by atoms with van der Waals surface area (Å²) < 4.78 is 1.58. The van der Waals surface area contributed by atoms with E-state index in [1.807, 2.05) is 62.4 Å². The second kappa shape index (κ2) is 9.49. The van der Waals surface area contributed by atoms with Crippen LogP contribution in [0.15, 0.2) is 65.5 Å². The van der Waals surface area contributed by atoms with E-state index in [0.717, 1.165) is 30.9 Å². The third kappa shape index (κ3) is 4.65. The highest BCUT2D eigenvalue weighted by molar-refractivity contribution is 5.92. The molecule has 166 valence electrons. The van der Waals surface area contributed by atoms with Crippen molar-refractivity contribution >= 4 is 11.6 Å². The van der Waals surface area contributed by atoms with Crippen LogP contribution in [0.3, 0.4) is 0 Å². The number of rotatable bonds is 6. The van der Waals surface area contributed by atoms with Crippen molar-refractivity contribution < 1.29 is 4.79 Å². The lowest BCUT2D eigenvalue weighted by Gasteiger charge is -2.29. The Bertz CT molecular complexity index is 1140. The topological polar surface area (TPSA) is 58.4 Å². The van der Waals surface area contributed by atoms with Gasteiger partial charge in [0.1, 0.15) is 12.4 Å². The van der Waals surface area contributed by atoms with Crippen LogP contribution in [0.4, 0.5) is 5.69 Å². The van der Waals surface area contributed by atoms with Gasteiger partial charge in [0.15, 0.2) is 0 Å². The van der Waals surface area contributed by atoms with Crippen molar-refractivity contribution in [1.82, 2.24) is 14.5 Å². The Morgan fingerprint density at radius 2 is 1.72 bits per heavy atom. The van der Waals surface area contributed by atoms with Crippen LogP contribution < -0.4 is 10.5 Å². The van der Waals surface area contributed by atoms with E-state index in [9.17, 15) is 9.59 Å². The molecule has 32 heavy (non-hydrogen) atoms. The standard InChI is InChI=1S/C26H30N4O2/c1-19(2)25-27-23-14-15-29(16-20-10-6-4-7-11-20)17-22(23)26(32)30(25)18-24(31)28(3)21-12-8-5-9-13-21/h4-13,19H,14-18H2,1-3H3. The maximum Gasteiger partial charge on any atom is 0.258 e. The van der Waals surface area contributed by atoms with Gasteiger partial charge in [-0.2, -0.15) is 0 Å². The summed E-state index contributed by atoms with van der Waals surface area (Å²) in [6, 6.07) is 19.8. The zero-order valence-corrected chi connectivity index (χ0v) is 19.0.